The Morgan fingerprint density at radius 1 is 1.24 bits per heavy atom. The first kappa shape index (κ1) is 23.4. The summed E-state index contributed by atoms with van der Waals surface area (Å²) in [5, 5.41) is 2.67. The molecule has 7 nitrogen and oxygen atoms in total. The molecule has 3 heterocycles. The number of halogens is 1. The number of amides is 2. The van der Waals surface area contributed by atoms with E-state index in [0.29, 0.717) is 30.5 Å². The molecule has 2 amide bonds. The minimum Gasteiger partial charge on any atom is -0.491 e. The van der Waals surface area contributed by atoms with Crippen LogP contribution in [-0.2, 0) is 16.0 Å². The molecule has 1 aliphatic heterocycles. The van der Waals surface area contributed by atoms with Crippen molar-refractivity contribution in [2.45, 2.75) is 12.5 Å². The quantitative estimate of drug-likeness (QED) is 0.449. The molecule has 2 aromatic heterocycles. The lowest BCUT2D eigenvalue weighted by Gasteiger charge is -2.37. The van der Waals surface area contributed by atoms with Gasteiger partial charge in [-0.3, -0.25) is 9.59 Å². The van der Waals surface area contributed by atoms with Gasteiger partial charge >= 0.3 is 0 Å². The van der Waals surface area contributed by atoms with Crippen LogP contribution in [0.1, 0.15) is 27.0 Å². The third kappa shape index (κ3) is 5.58. The highest BCUT2D eigenvalue weighted by molar-refractivity contribution is 7.10. The van der Waals surface area contributed by atoms with Gasteiger partial charge in [-0.1, -0.05) is 11.6 Å². The minimum atomic E-state index is -0.340. The van der Waals surface area contributed by atoms with Gasteiger partial charge in [0.2, 0.25) is 5.91 Å². The van der Waals surface area contributed by atoms with Crippen molar-refractivity contribution in [2.75, 3.05) is 40.0 Å². The highest BCUT2D eigenvalue weighted by Gasteiger charge is 2.34. The van der Waals surface area contributed by atoms with Gasteiger partial charge in [0, 0.05) is 30.1 Å². The van der Waals surface area contributed by atoms with E-state index < -0.39 is 0 Å². The van der Waals surface area contributed by atoms with E-state index >= 15 is 0 Å². The number of hydrogen-bond acceptors (Lipinski definition) is 6. The minimum absolute atomic E-state index is 0.0696. The predicted octanol–water partition coefficient (Wildman–Crippen LogP) is 4.29. The van der Waals surface area contributed by atoms with Crippen molar-refractivity contribution in [1.82, 2.24) is 9.80 Å². The highest BCUT2D eigenvalue weighted by Crippen LogP contribution is 2.34. The standard InChI is InChI=1S/C24H25ClN2O5S/c1-30-13-11-26(24(29)21-3-2-12-31-21)15-23(28)27-10-8-22-19(9-14-33-22)20(27)16-32-18-6-4-17(25)5-7-18/h2-7,9,12,14,20H,8,10-11,13,15-16H2,1H3. The smallest absolute Gasteiger partial charge is 0.290 e. The summed E-state index contributed by atoms with van der Waals surface area (Å²) < 4.78 is 16.4. The number of benzene rings is 1. The van der Waals surface area contributed by atoms with Crippen LogP contribution >= 0.6 is 22.9 Å². The Labute approximate surface area is 201 Å². The molecule has 0 spiro atoms. The number of hydrogen-bond donors (Lipinski definition) is 0. The van der Waals surface area contributed by atoms with E-state index in [2.05, 4.69) is 0 Å². The van der Waals surface area contributed by atoms with Crippen LogP contribution in [0.5, 0.6) is 5.75 Å². The van der Waals surface area contributed by atoms with Crippen LogP contribution in [0.4, 0.5) is 0 Å². The van der Waals surface area contributed by atoms with Gasteiger partial charge in [0.05, 0.1) is 18.9 Å². The van der Waals surface area contributed by atoms with Gasteiger partial charge in [-0.2, -0.15) is 0 Å². The topological polar surface area (TPSA) is 72.2 Å². The summed E-state index contributed by atoms with van der Waals surface area (Å²) in [6.45, 7) is 1.40. The number of fused-ring (bicyclic) bond motifs is 1. The Kier molecular flexibility index (Phi) is 7.69. The predicted molar refractivity (Wildman–Crippen MR) is 126 cm³/mol. The van der Waals surface area contributed by atoms with Gasteiger partial charge in [-0.25, -0.2) is 0 Å². The maximum Gasteiger partial charge on any atom is 0.290 e. The number of furan rings is 1. The zero-order valence-electron chi connectivity index (χ0n) is 18.2. The molecule has 4 rings (SSSR count). The second-order valence-electron chi connectivity index (χ2n) is 7.61. The summed E-state index contributed by atoms with van der Waals surface area (Å²) in [5.41, 5.74) is 1.09. The number of rotatable bonds is 9. The fraction of sp³-hybridized carbons (Fsp3) is 0.333. The number of thiophene rings is 1. The van der Waals surface area contributed by atoms with Crippen molar-refractivity contribution < 1.29 is 23.5 Å². The first-order valence-corrected chi connectivity index (χ1v) is 11.9. The Bertz CT molecular complexity index is 1070. The normalized spacial score (nSPS) is 15.2. The van der Waals surface area contributed by atoms with E-state index in [1.807, 2.05) is 11.4 Å². The molecule has 1 aliphatic rings. The first-order valence-electron chi connectivity index (χ1n) is 10.6. The average Bonchev–Trinajstić information content (AvgIpc) is 3.53. The molecule has 3 aromatic rings. The van der Waals surface area contributed by atoms with Crippen LogP contribution in [0.25, 0.3) is 0 Å². The van der Waals surface area contributed by atoms with Crippen molar-refractivity contribution in [3.8, 4) is 5.75 Å². The summed E-state index contributed by atoms with van der Waals surface area (Å²) >= 11 is 7.66. The molecule has 0 fully saturated rings. The summed E-state index contributed by atoms with van der Waals surface area (Å²) in [4.78, 5) is 30.8. The molecule has 1 unspecified atom stereocenters. The number of carbonyl (C=O) groups excluding carboxylic acids is 2. The molecular weight excluding hydrogens is 464 g/mol. The van der Waals surface area contributed by atoms with Crippen LogP contribution in [-0.4, -0.2) is 61.6 Å². The number of methoxy groups -OCH3 is 1. The van der Waals surface area contributed by atoms with E-state index in [9.17, 15) is 9.59 Å². The monoisotopic (exact) mass is 488 g/mol. The van der Waals surface area contributed by atoms with Gasteiger partial charge in [-0.15, -0.1) is 11.3 Å². The molecule has 0 saturated carbocycles. The van der Waals surface area contributed by atoms with Gasteiger partial charge < -0.3 is 23.7 Å². The number of nitrogens with zero attached hydrogens (tertiary/aromatic N) is 2. The largest absolute Gasteiger partial charge is 0.491 e. The lowest BCUT2D eigenvalue weighted by atomic mass is 10.0. The molecule has 9 heteroatoms. The van der Waals surface area contributed by atoms with Crippen LogP contribution in [0.15, 0.2) is 58.5 Å². The zero-order chi connectivity index (χ0) is 23.2. The van der Waals surface area contributed by atoms with E-state index in [1.165, 1.54) is 16.0 Å². The van der Waals surface area contributed by atoms with E-state index in [1.54, 1.807) is 59.7 Å². The molecule has 0 aliphatic carbocycles. The maximum absolute atomic E-state index is 13.4. The van der Waals surface area contributed by atoms with Crippen LogP contribution in [0.3, 0.4) is 0 Å². The highest BCUT2D eigenvalue weighted by atomic mass is 35.5. The maximum atomic E-state index is 13.4. The van der Waals surface area contributed by atoms with Crippen LogP contribution in [0, 0.1) is 0 Å². The zero-order valence-corrected chi connectivity index (χ0v) is 19.8. The molecule has 33 heavy (non-hydrogen) atoms. The van der Waals surface area contributed by atoms with E-state index in [-0.39, 0.29) is 36.7 Å². The van der Waals surface area contributed by atoms with Crippen molar-refractivity contribution in [3.63, 3.8) is 0 Å². The fourth-order valence-corrected chi connectivity index (χ4v) is 4.90. The summed E-state index contributed by atoms with van der Waals surface area (Å²) in [7, 11) is 1.56. The lowest BCUT2D eigenvalue weighted by Crippen LogP contribution is -2.48. The molecule has 1 atom stereocenters. The Hall–Kier alpha value is -2.81. The number of carbonyl (C=O) groups is 2. The SMILES string of the molecule is COCCN(CC(=O)N1CCc2sccc2C1COc1ccc(Cl)cc1)C(=O)c1ccco1. The van der Waals surface area contributed by atoms with Crippen LogP contribution < -0.4 is 4.74 Å². The molecule has 174 valence electrons. The van der Waals surface area contributed by atoms with Crippen molar-refractivity contribution >= 4 is 34.8 Å². The summed E-state index contributed by atoms with van der Waals surface area (Å²) in [6, 6.07) is 12.2. The Morgan fingerprint density at radius 2 is 2.06 bits per heavy atom. The van der Waals surface area contributed by atoms with Crippen molar-refractivity contribution in [3.05, 3.63) is 75.3 Å². The molecule has 0 radical (unpaired) electrons. The Balaban J connectivity index is 1.50. The summed E-state index contributed by atoms with van der Waals surface area (Å²) in [5.74, 6) is 0.393. The third-order valence-electron chi connectivity index (χ3n) is 5.55. The van der Waals surface area contributed by atoms with E-state index in [4.69, 9.17) is 25.5 Å². The summed E-state index contributed by atoms with van der Waals surface area (Å²) in [6.07, 6.45) is 2.22. The second-order valence-corrected chi connectivity index (χ2v) is 9.05. The van der Waals surface area contributed by atoms with E-state index in [0.717, 1.165) is 12.0 Å². The lowest BCUT2D eigenvalue weighted by molar-refractivity contribution is -0.135. The molecule has 1 aromatic carbocycles. The average molecular weight is 489 g/mol. The van der Waals surface area contributed by atoms with Crippen molar-refractivity contribution in [2.24, 2.45) is 0 Å². The van der Waals surface area contributed by atoms with Gasteiger partial charge in [0.25, 0.3) is 5.91 Å². The second kappa shape index (κ2) is 10.9. The molecule has 0 N–H and O–H groups in total. The van der Waals surface area contributed by atoms with Gasteiger partial charge in [0.15, 0.2) is 5.76 Å². The molecule has 0 bridgehead atoms. The van der Waals surface area contributed by atoms with Crippen molar-refractivity contribution in [1.29, 1.82) is 0 Å². The number of ether oxygens (including phenoxy) is 2. The van der Waals surface area contributed by atoms with Gasteiger partial charge in [0.1, 0.15) is 18.9 Å². The molecule has 0 saturated heterocycles. The Morgan fingerprint density at radius 3 is 2.79 bits per heavy atom. The fourth-order valence-electron chi connectivity index (χ4n) is 3.84. The third-order valence-corrected chi connectivity index (χ3v) is 6.80. The van der Waals surface area contributed by atoms with Crippen LogP contribution in [0.2, 0.25) is 5.02 Å². The van der Waals surface area contributed by atoms with Gasteiger partial charge in [-0.05, 0) is 59.8 Å². The molecular formula is C24H25ClN2O5S. The first-order chi connectivity index (χ1) is 16.1.